The maximum absolute atomic E-state index is 13.5. The molecule has 3 aromatic rings. The minimum absolute atomic E-state index is 0.440. The Hall–Kier alpha value is -3.11. The second-order valence-electron chi connectivity index (χ2n) is 6.98. The third kappa shape index (κ3) is 4.99. The molecule has 3 aromatic heterocycles. The van der Waals surface area contributed by atoms with Crippen molar-refractivity contribution in [1.82, 2.24) is 24.7 Å². The van der Waals surface area contributed by atoms with Crippen molar-refractivity contribution < 1.29 is 9.50 Å². The number of aryl methyl sites for hydroxylation is 1. The van der Waals surface area contributed by atoms with Gasteiger partial charge in [-0.15, -0.1) is 5.10 Å². The molecule has 0 amide bonds. The van der Waals surface area contributed by atoms with Crippen molar-refractivity contribution in [3.63, 3.8) is 0 Å². The molecule has 28 heavy (non-hydrogen) atoms. The number of hydrogen-bond donors (Lipinski definition) is 1. The fourth-order valence-electron chi connectivity index (χ4n) is 2.72. The lowest BCUT2D eigenvalue weighted by molar-refractivity contribution is 0.143. The number of hydrogen-bond acceptors (Lipinski definition) is 5. The standard InChI is InChI=1S/C21H22FN5O/c1-4-6-15-13-16(9-10-21(2,3)28)25-26-18(15)14-27-12-11-23-20(27)17-7-5-8-19(22)24-17/h5,7-8,11-13,28H,4,6,14H2,1-3H3. The van der Waals surface area contributed by atoms with E-state index in [0.717, 1.165) is 24.1 Å². The molecule has 3 heterocycles. The smallest absolute Gasteiger partial charge is 0.213 e. The normalized spacial score (nSPS) is 11.2. The van der Waals surface area contributed by atoms with E-state index in [9.17, 15) is 9.50 Å². The van der Waals surface area contributed by atoms with Crippen LogP contribution in [0.4, 0.5) is 4.39 Å². The van der Waals surface area contributed by atoms with E-state index in [1.807, 2.05) is 10.6 Å². The number of halogens is 1. The van der Waals surface area contributed by atoms with Crippen molar-refractivity contribution in [3.05, 3.63) is 59.6 Å². The molecule has 144 valence electrons. The van der Waals surface area contributed by atoms with Crippen LogP contribution in [0.15, 0.2) is 36.7 Å². The van der Waals surface area contributed by atoms with Crippen LogP contribution in [-0.4, -0.2) is 35.4 Å². The Bertz CT molecular complexity index is 1030. The molecule has 0 fully saturated rings. The SMILES string of the molecule is CCCc1cc(C#CC(C)(C)O)nnc1Cn1ccnc1-c1cccc(F)n1. The highest BCUT2D eigenvalue weighted by Gasteiger charge is 2.13. The number of nitrogens with zero attached hydrogens (tertiary/aromatic N) is 5. The van der Waals surface area contributed by atoms with Crippen LogP contribution in [0.3, 0.4) is 0 Å². The van der Waals surface area contributed by atoms with Gasteiger partial charge in [-0.2, -0.15) is 9.49 Å². The average molecular weight is 379 g/mol. The highest BCUT2D eigenvalue weighted by atomic mass is 19.1. The van der Waals surface area contributed by atoms with Crippen LogP contribution in [-0.2, 0) is 13.0 Å². The van der Waals surface area contributed by atoms with Gasteiger partial charge in [-0.25, -0.2) is 9.97 Å². The number of rotatable bonds is 5. The largest absolute Gasteiger partial charge is 0.378 e. The average Bonchev–Trinajstić information content (AvgIpc) is 3.10. The predicted octanol–water partition coefficient (Wildman–Crippen LogP) is 3.00. The van der Waals surface area contributed by atoms with Gasteiger partial charge in [-0.05, 0) is 50.0 Å². The number of pyridine rings is 1. The quantitative estimate of drug-likeness (QED) is 0.545. The number of imidazole rings is 1. The Morgan fingerprint density at radius 3 is 2.79 bits per heavy atom. The van der Waals surface area contributed by atoms with Crippen LogP contribution < -0.4 is 0 Å². The van der Waals surface area contributed by atoms with Crippen LogP contribution in [0.5, 0.6) is 0 Å². The van der Waals surface area contributed by atoms with Crippen LogP contribution in [0.1, 0.15) is 44.1 Å². The summed E-state index contributed by atoms with van der Waals surface area (Å²) in [5.41, 5.74) is 1.72. The minimum atomic E-state index is -1.09. The molecule has 0 aliphatic rings. The Morgan fingerprint density at radius 2 is 2.07 bits per heavy atom. The lowest BCUT2D eigenvalue weighted by atomic mass is 10.1. The van der Waals surface area contributed by atoms with Gasteiger partial charge in [0.25, 0.3) is 0 Å². The van der Waals surface area contributed by atoms with Crippen LogP contribution in [0.25, 0.3) is 11.5 Å². The van der Waals surface area contributed by atoms with Gasteiger partial charge in [-0.3, -0.25) is 0 Å². The maximum atomic E-state index is 13.5. The zero-order valence-corrected chi connectivity index (χ0v) is 16.1. The Kier molecular flexibility index (Phi) is 5.81. The van der Waals surface area contributed by atoms with Crippen LogP contribution in [0, 0.1) is 17.8 Å². The van der Waals surface area contributed by atoms with E-state index < -0.39 is 11.5 Å². The molecule has 0 saturated heterocycles. The molecule has 0 aromatic carbocycles. The highest BCUT2D eigenvalue weighted by molar-refractivity contribution is 5.49. The highest BCUT2D eigenvalue weighted by Crippen LogP contribution is 2.18. The van der Waals surface area contributed by atoms with E-state index in [2.05, 4.69) is 38.9 Å². The Labute approximate surface area is 163 Å². The molecule has 0 atom stereocenters. The molecular formula is C21H22FN5O. The molecule has 0 spiro atoms. The van der Waals surface area contributed by atoms with Gasteiger partial charge >= 0.3 is 0 Å². The van der Waals surface area contributed by atoms with E-state index in [1.54, 1.807) is 38.4 Å². The van der Waals surface area contributed by atoms with Gasteiger partial charge in [-0.1, -0.05) is 25.3 Å². The fraction of sp³-hybridized carbons (Fsp3) is 0.333. The third-order valence-electron chi connectivity index (χ3n) is 3.96. The molecule has 6 nitrogen and oxygen atoms in total. The third-order valence-corrected chi connectivity index (χ3v) is 3.96. The number of aliphatic hydroxyl groups is 1. The number of aromatic nitrogens is 5. The van der Waals surface area contributed by atoms with Crippen LogP contribution in [0.2, 0.25) is 0 Å². The predicted molar refractivity (Wildman–Crippen MR) is 104 cm³/mol. The summed E-state index contributed by atoms with van der Waals surface area (Å²) in [6.07, 6.45) is 5.23. The summed E-state index contributed by atoms with van der Waals surface area (Å²) in [6, 6.07) is 6.53. The van der Waals surface area contributed by atoms with Gasteiger partial charge in [0, 0.05) is 12.4 Å². The second-order valence-corrected chi connectivity index (χ2v) is 6.98. The van der Waals surface area contributed by atoms with Gasteiger partial charge in [0.1, 0.15) is 17.0 Å². The first-order chi connectivity index (χ1) is 13.4. The van der Waals surface area contributed by atoms with Gasteiger partial charge in [0.05, 0.1) is 12.2 Å². The van der Waals surface area contributed by atoms with E-state index in [0.29, 0.717) is 23.8 Å². The summed E-state index contributed by atoms with van der Waals surface area (Å²) < 4.78 is 15.4. The van der Waals surface area contributed by atoms with Crippen LogP contribution >= 0.6 is 0 Å². The van der Waals surface area contributed by atoms with Crippen molar-refractivity contribution >= 4 is 0 Å². The van der Waals surface area contributed by atoms with Crippen molar-refractivity contribution in [1.29, 1.82) is 0 Å². The topological polar surface area (TPSA) is 76.7 Å². The molecule has 3 rings (SSSR count). The Balaban J connectivity index is 1.92. The molecule has 0 saturated carbocycles. The summed E-state index contributed by atoms with van der Waals surface area (Å²) in [6.45, 7) is 5.77. The first-order valence-electron chi connectivity index (χ1n) is 9.11. The minimum Gasteiger partial charge on any atom is -0.378 e. The van der Waals surface area contributed by atoms with E-state index >= 15 is 0 Å². The van der Waals surface area contributed by atoms with E-state index in [-0.39, 0.29) is 0 Å². The summed E-state index contributed by atoms with van der Waals surface area (Å²) in [7, 11) is 0. The molecular weight excluding hydrogens is 357 g/mol. The van der Waals surface area contributed by atoms with Crippen molar-refractivity contribution in [2.24, 2.45) is 0 Å². The molecule has 1 N–H and O–H groups in total. The molecule has 0 aliphatic carbocycles. The summed E-state index contributed by atoms with van der Waals surface area (Å²) in [4.78, 5) is 8.22. The molecule has 0 radical (unpaired) electrons. The molecule has 7 heteroatoms. The van der Waals surface area contributed by atoms with E-state index in [1.165, 1.54) is 6.07 Å². The second kappa shape index (κ2) is 8.28. The first kappa shape index (κ1) is 19.6. The van der Waals surface area contributed by atoms with E-state index in [4.69, 9.17) is 0 Å². The zero-order chi connectivity index (χ0) is 20.1. The first-order valence-corrected chi connectivity index (χ1v) is 9.11. The van der Waals surface area contributed by atoms with Crippen molar-refractivity contribution in [2.45, 2.75) is 45.8 Å². The van der Waals surface area contributed by atoms with Gasteiger partial charge in [0.15, 0.2) is 5.82 Å². The van der Waals surface area contributed by atoms with Crippen molar-refractivity contribution in [2.75, 3.05) is 0 Å². The summed E-state index contributed by atoms with van der Waals surface area (Å²) in [5, 5.41) is 18.3. The van der Waals surface area contributed by atoms with Gasteiger partial charge < -0.3 is 9.67 Å². The fourth-order valence-corrected chi connectivity index (χ4v) is 2.72. The molecule has 0 aliphatic heterocycles. The van der Waals surface area contributed by atoms with Gasteiger partial charge in [0.2, 0.25) is 5.95 Å². The molecule has 0 unspecified atom stereocenters. The monoisotopic (exact) mass is 379 g/mol. The summed E-state index contributed by atoms with van der Waals surface area (Å²) >= 11 is 0. The zero-order valence-electron chi connectivity index (χ0n) is 16.1. The Morgan fingerprint density at radius 1 is 1.25 bits per heavy atom. The lowest BCUT2D eigenvalue weighted by Gasteiger charge is -2.11. The lowest BCUT2D eigenvalue weighted by Crippen LogP contribution is -2.14. The maximum Gasteiger partial charge on any atom is 0.213 e. The van der Waals surface area contributed by atoms with Crippen molar-refractivity contribution in [3.8, 4) is 23.4 Å². The molecule has 0 bridgehead atoms. The summed E-state index contributed by atoms with van der Waals surface area (Å²) in [5.74, 6) is 5.64.